The number of Topliss-reactive ketones (excluding diaryl/α,β-unsaturated/α-hetero) is 1. The van der Waals surface area contributed by atoms with Gasteiger partial charge in [-0.25, -0.2) is 9.59 Å². The highest BCUT2D eigenvalue weighted by molar-refractivity contribution is 6.35. The fourth-order valence-corrected chi connectivity index (χ4v) is 2.55. The number of carboxylic acid groups (broad SMARTS) is 1. The topological polar surface area (TPSA) is 151 Å². The maximum Gasteiger partial charge on any atom is 0.408 e. The number of nitrogens with one attached hydrogen (secondary N) is 3. The fraction of sp³-hybridized carbons (Fsp3) is 0.750. The van der Waals surface area contributed by atoms with Crippen LogP contribution in [-0.2, 0) is 23.9 Å². The van der Waals surface area contributed by atoms with Crippen LogP contribution in [0.4, 0.5) is 4.79 Å². The highest BCUT2D eigenvalue weighted by Gasteiger charge is 2.31. The molecule has 0 aliphatic rings. The van der Waals surface area contributed by atoms with Crippen LogP contribution >= 0.6 is 0 Å². The first kappa shape index (κ1) is 27.4. The van der Waals surface area contributed by atoms with E-state index >= 15 is 0 Å². The molecule has 2 unspecified atom stereocenters. The van der Waals surface area contributed by atoms with E-state index in [9.17, 15) is 24.0 Å². The summed E-state index contributed by atoms with van der Waals surface area (Å²) in [6.07, 6.45) is -0.141. The Morgan fingerprint density at radius 2 is 1.30 bits per heavy atom. The SMILES string of the molecule is CCC(NC(=O)C(CC(C)C)NC(=O)[C@H](CC)NC(=O)OC(C)(C)C)C(=O)C(=O)O. The van der Waals surface area contributed by atoms with Crippen LogP contribution < -0.4 is 16.0 Å². The maximum atomic E-state index is 12.6. The molecule has 0 aliphatic heterocycles. The van der Waals surface area contributed by atoms with Crippen LogP contribution in [0.2, 0.25) is 0 Å². The Labute approximate surface area is 177 Å². The van der Waals surface area contributed by atoms with Gasteiger partial charge < -0.3 is 25.8 Å². The fourth-order valence-electron chi connectivity index (χ4n) is 2.55. The van der Waals surface area contributed by atoms with Gasteiger partial charge in [-0.3, -0.25) is 14.4 Å². The molecule has 0 rings (SSSR count). The molecule has 10 heteroatoms. The predicted octanol–water partition coefficient (Wildman–Crippen LogP) is 1.37. The van der Waals surface area contributed by atoms with Crippen molar-refractivity contribution in [2.24, 2.45) is 5.92 Å². The van der Waals surface area contributed by atoms with Crippen molar-refractivity contribution in [3.63, 3.8) is 0 Å². The maximum absolute atomic E-state index is 12.6. The van der Waals surface area contributed by atoms with Crippen LogP contribution in [0.1, 0.15) is 67.7 Å². The normalized spacial score (nSPS) is 14.3. The van der Waals surface area contributed by atoms with Crippen molar-refractivity contribution in [1.82, 2.24) is 16.0 Å². The molecule has 0 saturated carbocycles. The highest BCUT2D eigenvalue weighted by Crippen LogP contribution is 2.09. The Bertz CT molecular complexity index is 641. The van der Waals surface area contributed by atoms with Crippen LogP contribution in [0, 0.1) is 5.92 Å². The number of ether oxygens (including phenoxy) is 1. The van der Waals surface area contributed by atoms with Crippen molar-refractivity contribution in [2.75, 3.05) is 0 Å². The van der Waals surface area contributed by atoms with Crippen molar-refractivity contribution in [1.29, 1.82) is 0 Å². The molecule has 0 radical (unpaired) electrons. The molecule has 0 saturated heterocycles. The zero-order valence-corrected chi connectivity index (χ0v) is 18.8. The highest BCUT2D eigenvalue weighted by atomic mass is 16.6. The zero-order valence-electron chi connectivity index (χ0n) is 18.8. The summed E-state index contributed by atoms with van der Waals surface area (Å²) in [7, 11) is 0. The predicted molar refractivity (Wildman–Crippen MR) is 110 cm³/mol. The van der Waals surface area contributed by atoms with Crippen molar-refractivity contribution < 1.29 is 33.8 Å². The molecular weight excluding hydrogens is 394 g/mol. The monoisotopic (exact) mass is 429 g/mol. The molecule has 4 N–H and O–H groups in total. The third-order valence-corrected chi connectivity index (χ3v) is 4.01. The summed E-state index contributed by atoms with van der Waals surface area (Å²) < 4.78 is 5.15. The summed E-state index contributed by atoms with van der Waals surface area (Å²) in [6, 6.07) is -3.11. The smallest absolute Gasteiger partial charge is 0.408 e. The van der Waals surface area contributed by atoms with E-state index in [1.807, 2.05) is 13.8 Å². The van der Waals surface area contributed by atoms with E-state index in [2.05, 4.69) is 16.0 Å². The summed E-state index contributed by atoms with van der Waals surface area (Å²) in [5.74, 6) is -3.99. The first-order chi connectivity index (χ1) is 13.7. The van der Waals surface area contributed by atoms with Gasteiger partial charge in [0, 0.05) is 0 Å². The Morgan fingerprint density at radius 3 is 1.70 bits per heavy atom. The molecule has 0 aromatic heterocycles. The van der Waals surface area contributed by atoms with Gasteiger partial charge in [-0.2, -0.15) is 0 Å². The molecule has 3 amide bonds. The van der Waals surface area contributed by atoms with Crippen molar-refractivity contribution in [3.05, 3.63) is 0 Å². The number of carbonyl (C=O) groups excluding carboxylic acids is 4. The number of ketones is 1. The van der Waals surface area contributed by atoms with Gasteiger partial charge in [0.05, 0.1) is 6.04 Å². The summed E-state index contributed by atoms with van der Waals surface area (Å²) in [4.78, 5) is 59.9. The van der Waals surface area contributed by atoms with Crippen LogP contribution in [0.3, 0.4) is 0 Å². The average Bonchev–Trinajstić information content (AvgIpc) is 2.60. The lowest BCUT2D eigenvalue weighted by Gasteiger charge is -2.26. The molecule has 10 nitrogen and oxygen atoms in total. The summed E-state index contributed by atoms with van der Waals surface area (Å²) >= 11 is 0. The van der Waals surface area contributed by atoms with E-state index < -0.39 is 53.4 Å². The number of alkyl carbamates (subject to hydrolysis) is 1. The number of carbonyl (C=O) groups is 5. The standard InChI is InChI=1S/C20H35N3O7/c1-8-12(15(24)18(27)28)21-17(26)14(10-11(3)4)22-16(25)13(9-2)23-19(29)30-20(5,6)7/h11-14H,8-10H2,1-7H3,(H,21,26)(H,22,25)(H,23,29)(H,27,28)/t12?,13-,14?/m0/s1. The van der Waals surface area contributed by atoms with Gasteiger partial charge in [0.25, 0.3) is 5.78 Å². The Balaban J connectivity index is 5.27. The van der Waals surface area contributed by atoms with E-state index in [0.29, 0.717) is 0 Å². The van der Waals surface area contributed by atoms with Crippen molar-refractivity contribution >= 4 is 29.7 Å². The van der Waals surface area contributed by atoms with Gasteiger partial charge in [0.1, 0.15) is 17.7 Å². The van der Waals surface area contributed by atoms with Crippen LogP contribution in [0.15, 0.2) is 0 Å². The van der Waals surface area contributed by atoms with E-state index in [4.69, 9.17) is 9.84 Å². The number of hydrogen-bond acceptors (Lipinski definition) is 6. The largest absolute Gasteiger partial charge is 0.475 e. The number of amides is 3. The van der Waals surface area contributed by atoms with E-state index in [-0.39, 0.29) is 25.2 Å². The Hall–Kier alpha value is -2.65. The molecule has 0 spiro atoms. The molecule has 0 heterocycles. The van der Waals surface area contributed by atoms with E-state index in [1.54, 1.807) is 34.6 Å². The number of carboxylic acids is 1. The third kappa shape index (κ3) is 10.2. The quantitative estimate of drug-likeness (QED) is 0.362. The third-order valence-electron chi connectivity index (χ3n) is 4.01. The lowest BCUT2D eigenvalue weighted by Crippen LogP contribution is -2.56. The van der Waals surface area contributed by atoms with Gasteiger partial charge in [-0.05, 0) is 46.0 Å². The first-order valence-electron chi connectivity index (χ1n) is 10.1. The average molecular weight is 430 g/mol. The number of aliphatic carboxylic acids is 1. The minimum Gasteiger partial charge on any atom is -0.475 e. The summed E-state index contributed by atoms with van der Waals surface area (Å²) in [6.45, 7) is 12.0. The molecule has 172 valence electrons. The number of rotatable bonds is 11. The van der Waals surface area contributed by atoms with Gasteiger partial charge in [0.15, 0.2) is 0 Å². The van der Waals surface area contributed by atoms with Gasteiger partial charge in [0.2, 0.25) is 11.8 Å². The second kappa shape index (κ2) is 12.1. The lowest BCUT2D eigenvalue weighted by atomic mass is 10.0. The second-order valence-electron chi connectivity index (χ2n) is 8.44. The lowest BCUT2D eigenvalue weighted by molar-refractivity contribution is -0.150. The molecule has 0 fully saturated rings. The molecule has 0 aliphatic carbocycles. The van der Waals surface area contributed by atoms with Gasteiger partial charge in [-0.1, -0.05) is 27.7 Å². The minimum atomic E-state index is -1.64. The van der Waals surface area contributed by atoms with Crippen LogP contribution in [0.5, 0.6) is 0 Å². The van der Waals surface area contributed by atoms with Crippen LogP contribution in [0.25, 0.3) is 0 Å². The Kier molecular flexibility index (Phi) is 11.1. The zero-order chi connectivity index (χ0) is 23.6. The van der Waals surface area contributed by atoms with Gasteiger partial charge >= 0.3 is 12.1 Å². The number of hydrogen-bond donors (Lipinski definition) is 4. The van der Waals surface area contributed by atoms with E-state index in [0.717, 1.165) is 0 Å². The van der Waals surface area contributed by atoms with E-state index in [1.165, 1.54) is 0 Å². The minimum absolute atomic E-state index is 0.0233. The Morgan fingerprint density at radius 1 is 0.833 bits per heavy atom. The van der Waals surface area contributed by atoms with Gasteiger partial charge in [-0.15, -0.1) is 0 Å². The summed E-state index contributed by atoms with van der Waals surface area (Å²) in [5, 5.41) is 16.3. The molecule has 0 aromatic rings. The molecular formula is C20H35N3O7. The molecule has 0 aromatic carbocycles. The molecule has 30 heavy (non-hydrogen) atoms. The van der Waals surface area contributed by atoms with Crippen LogP contribution in [-0.4, -0.2) is 58.5 Å². The van der Waals surface area contributed by atoms with Crippen molar-refractivity contribution in [2.45, 2.75) is 91.5 Å². The van der Waals surface area contributed by atoms with Crippen molar-refractivity contribution in [3.8, 4) is 0 Å². The molecule has 3 atom stereocenters. The molecule has 0 bridgehead atoms. The first-order valence-corrected chi connectivity index (χ1v) is 10.1. The second-order valence-corrected chi connectivity index (χ2v) is 8.44. The summed E-state index contributed by atoms with van der Waals surface area (Å²) in [5.41, 5.74) is -0.731.